The van der Waals surface area contributed by atoms with Crippen LogP contribution in [0.1, 0.15) is 54.9 Å². The van der Waals surface area contributed by atoms with Crippen LogP contribution in [0.4, 0.5) is 0 Å². The smallest absolute Gasteiger partial charge is 0.0603 e. The normalized spacial score (nSPS) is 17.1. The van der Waals surface area contributed by atoms with Gasteiger partial charge in [-0.2, -0.15) is 0 Å². The topological polar surface area (TPSA) is 24.1 Å². The molecule has 0 saturated carbocycles. The summed E-state index contributed by atoms with van der Waals surface area (Å²) in [6.07, 6.45) is 1.62. The molecule has 2 nitrogen and oxygen atoms in total. The summed E-state index contributed by atoms with van der Waals surface area (Å²) in [5.74, 6) is 0.664. The zero-order chi connectivity index (χ0) is 11.4. The maximum absolute atomic E-state index is 3.63. The molecule has 14 heavy (non-hydrogen) atoms. The molecule has 0 amide bonds. The van der Waals surface area contributed by atoms with Crippen molar-refractivity contribution >= 4 is 0 Å². The van der Waals surface area contributed by atoms with Gasteiger partial charge < -0.3 is 0 Å². The van der Waals surface area contributed by atoms with Crippen molar-refractivity contribution in [1.82, 2.24) is 10.6 Å². The first-order chi connectivity index (χ1) is 6.26. The Labute approximate surface area is 89.9 Å². The molecular weight excluding hydrogens is 172 g/mol. The van der Waals surface area contributed by atoms with E-state index >= 15 is 0 Å². The molecule has 0 saturated heterocycles. The minimum absolute atomic E-state index is 0.177. The van der Waals surface area contributed by atoms with Crippen LogP contribution >= 0.6 is 0 Å². The van der Waals surface area contributed by atoms with E-state index in [-0.39, 0.29) is 5.54 Å². The molecule has 0 aliphatic carbocycles. The van der Waals surface area contributed by atoms with Gasteiger partial charge in [0.15, 0.2) is 0 Å². The van der Waals surface area contributed by atoms with Gasteiger partial charge in [0.25, 0.3) is 0 Å². The molecule has 86 valence electrons. The third-order valence-corrected chi connectivity index (χ3v) is 2.31. The van der Waals surface area contributed by atoms with E-state index in [1.165, 1.54) is 6.42 Å². The minimum Gasteiger partial charge on any atom is -0.299 e. The van der Waals surface area contributed by atoms with E-state index in [9.17, 15) is 0 Å². The van der Waals surface area contributed by atoms with Crippen molar-refractivity contribution in [2.24, 2.45) is 5.92 Å². The molecule has 0 rings (SSSR count). The highest BCUT2D eigenvalue weighted by molar-refractivity contribution is 4.80. The monoisotopic (exact) mass is 200 g/mol. The van der Waals surface area contributed by atoms with Crippen LogP contribution in [0.25, 0.3) is 0 Å². The second kappa shape index (κ2) is 5.72. The van der Waals surface area contributed by atoms with Crippen molar-refractivity contribution in [3.63, 3.8) is 0 Å². The molecular formula is C12H28N2. The van der Waals surface area contributed by atoms with Crippen LogP contribution in [0, 0.1) is 5.92 Å². The van der Waals surface area contributed by atoms with Crippen LogP contribution in [0.15, 0.2) is 0 Å². The Kier molecular flexibility index (Phi) is 5.68. The van der Waals surface area contributed by atoms with Gasteiger partial charge in [0, 0.05) is 11.6 Å². The molecule has 0 aromatic heterocycles. The number of rotatable bonds is 5. The fraction of sp³-hybridized carbons (Fsp3) is 1.00. The van der Waals surface area contributed by atoms with Crippen LogP contribution in [0.5, 0.6) is 0 Å². The standard InChI is InChI=1S/C12H28N2/c1-8-10(4)11(13-9(2)3)14-12(5,6)7/h9-11,13-14H,8H2,1-7H3. The number of hydrogen-bond acceptors (Lipinski definition) is 2. The van der Waals surface area contributed by atoms with E-state index < -0.39 is 0 Å². The molecule has 0 aromatic carbocycles. The van der Waals surface area contributed by atoms with Crippen LogP contribution < -0.4 is 10.6 Å². The number of nitrogens with one attached hydrogen (secondary N) is 2. The van der Waals surface area contributed by atoms with Gasteiger partial charge >= 0.3 is 0 Å². The second-order valence-corrected chi connectivity index (χ2v) is 5.58. The largest absolute Gasteiger partial charge is 0.299 e. The molecule has 0 heterocycles. The van der Waals surface area contributed by atoms with E-state index in [2.05, 4.69) is 59.1 Å². The van der Waals surface area contributed by atoms with Crippen molar-refractivity contribution < 1.29 is 0 Å². The van der Waals surface area contributed by atoms with Crippen molar-refractivity contribution in [2.75, 3.05) is 0 Å². The highest BCUT2D eigenvalue weighted by Gasteiger charge is 2.21. The molecule has 0 aliphatic heterocycles. The Morgan fingerprint density at radius 3 is 1.86 bits per heavy atom. The summed E-state index contributed by atoms with van der Waals surface area (Å²) in [7, 11) is 0. The van der Waals surface area contributed by atoms with E-state index in [4.69, 9.17) is 0 Å². The minimum atomic E-state index is 0.177. The summed E-state index contributed by atoms with van der Waals surface area (Å²) in [6, 6.07) is 0.531. The molecule has 2 N–H and O–H groups in total. The Bertz CT molecular complexity index is 147. The fourth-order valence-electron chi connectivity index (χ4n) is 1.41. The predicted molar refractivity (Wildman–Crippen MR) is 64.4 cm³/mol. The van der Waals surface area contributed by atoms with Crippen molar-refractivity contribution in [3.05, 3.63) is 0 Å². The molecule has 0 radical (unpaired) electrons. The van der Waals surface area contributed by atoms with Gasteiger partial charge in [-0.25, -0.2) is 0 Å². The molecule has 0 aliphatic rings. The maximum Gasteiger partial charge on any atom is 0.0603 e. The van der Waals surface area contributed by atoms with Crippen molar-refractivity contribution in [3.8, 4) is 0 Å². The molecule has 0 fully saturated rings. The SMILES string of the molecule is CCC(C)C(NC(C)C)NC(C)(C)C. The fourth-order valence-corrected chi connectivity index (χ4v) is 1.41. The summed E-state index contributed by atoms with van der Waals surface area (Å²) in [6.45, 7) is 15.6. The Morgan fingerprint density at radius 1 is 1.07 bits per heavy atom. The molecule has 2 unspecified atom stereocenters. The van der Waals surface area contributed by atoms with Crippen LogP contribution in [-0.2, 0) is 0 Å². The van der Waals surface area contributed by atoms with Crippen molar-refractivity contribution in [1.29, 1.82) is 0 Å². The van der Waals surface area contributed by atoms with Gasteiger partial charge in [0.05, 0.1) is 6.17 Å². The zero-order valence-corrected chi connectivity index (χ0v) is 10.9. The molecule has 0 spiro atoms. The summed E-state index contributed by atoms with van der Waals surface area (Å²) in [5.41, 5.74) is 0.177. The lowest BCUT2D eigenvalue weighted by Crippen LogP contribution is -2.55. The van der Waals surface area contributed by atoms with Crippen LogP contribution in [-0.4, -0.2) is 17.7 Å². The average Bonchev–Trinajstić information content (AvgIpc) is 1.98. The second-order valence-electron chi connectivity index (χ2n) is 5.58. The summed E-state index contributed by atoms with van der Waals surface area (Å²) in [5, 5.41) is 7.20. The van der Waals surface area contributed by atoms with Gasteiger partial charge in [-0.05, 0) is 40.5 Å². The van der Waals surface area contributed by atoms with E-state index in [1.54, 1.807) is 0 Å². The molecule has 2 atom stereocenters. The number of hydrogen-bond donors (Lipinski definition) is 2. The third kappa shape index (κ3) is 6.39. The molecule has 0 bridgehead atoms. The third-order valence-electron chi connectivity index (χ3n) is 2.31. The van der Waals surface area contributed by atoms with Gasteiger partial charge in [-0.1, -0.05) is 20.3 Å². The quantitative estimate of drug-likeness (QED) is 0.667. The highest BCUT2D eigenvalue weighted by atomic mass is 15.2. The van der Waals surface area contributed by atoms with Crippen LogP contribution in [0.2, 0.25) is 0 Å². The summed E-state index contributed by atoms with van der Waals surface area (Å²) < 4.78 is 0. The first-order valence-corrected chi connectivity index (χ1v) is 5.80. The van der Waals surface area contributed by atoms with Crippen molar-refractivity contribution in [2.45, 2.75) is 72.6 Å². The average molecular weight is 200 g/mol. The van der Waals surface area contributed by atoms with Gasteiger partial charge in [0.2, 0.25) is 0 Å². The van der Waals surface area contributed by atoms with Gasteiger partial charge in [0.1, 0.15) is 0 Å². The maximum atomic E-state index is 3.63. The lowest BCUT2D eigenvalue weighted by Gasteiger charge is -2.34. The lowest BCUT2D eigenvalue weighted by atomic mass is 10.0. The summed E-state index contributed by atoms with van der Waals surface area (Å²) in [4.78, 5) is 0. The van der Waals surface area contributed by atoms with Crippen LogP contribution in [0.3, 0.4) is 0 Å². The summed E-state index contributed by atoms with van der Waals surface area (Å²) >= 11 is 0. The Balaban J connectivity index is 4.25. The molecule has 2 heteroatoms. The Morgan fingerprint density at radius 2 is 1.57 bits per heavy atom. The first kappa shape index (κ1) is 13.9. The highest BCUT2D eigenvalue weighted by Crippen LogP contribution is 2.10. The molecule has 0 aromatic rings. The lowest BCUT2D eigenvalue weighted by molar-refractivity contribution is 0.234. The Hall–Kier alpha value is -0.0800. The van der Waals surface area contributed by atoms with E-state index in [1.807, 2.05) is 0 Å². The van der Waals surface area contributed by atoms with Gasteiger partial charge in [-0.15, -0.1) is 0 Å². The zero-order valence-electron chi connectivity index (χ0n) is 10.9. The van der Waals surface area contributed by atoms with E-state index in [0.29, 0.717) is 18.1 Å². The van der Waals surface area contributed by atoms with Gasteiger partial charge in [-0.3, -0.25) is 10.6 Å². The predicted octanol–water partition coefficient (Wildman–Crippen LogP) is 2.74. The first-order valence-electron chi connectivity index (χ1n) is 5.80. The van der Waals surface area contributed by atoms with E-state index in [0.717, 1.165) is 0 Å².